The van der Waals surface area contributed by atoms with Gasteiger partial charge in [-0.2, -0.15) is 0 Å². The number of hydrogen-bond acceptors (Lipinski definition) is 7. The zero-order valence-corrected chi connectivity index (χ0v) is 17.6. The highest BCUT2D eigenvalue weighted by molar-refractivity contribution is 8.77. The molecule has 1 heterocycles. The van der Waals surface area contributed by atoms with Crippen LogP contribution in [0.3, 0.4) is 0 Å². The van der Waals surface area contributed by atoms with Gasteiger partial charge in [0.15, 0.2) is 17.6 Å². The van der Waals surface area contributed by atoms with Crippen LogP contribution in [0.1, 0.15) is 39.0 Å². The maximum Gasteiger partial charge on any atom is 0.306 e. The monoisotopic (exact) mass is 413 g/mol. The number of ether oxygens (including phenoxy) is 3. The van der Waals surface area contributed by atoms with E-state index in [1.807, 2.05) is 21.6 Å². The van der Waals surface area contributed by atoms with E-state index in [1.54, 1.807) is 32.2 Å². The summed E-state index contributed by atoms with van der Waals surface area (Å²) in [5, 5.41) is 3.44. The van der Waals surface area contributed by atoms with Crippen LogP contribution >= 0.6 is 21.6 Å². The molecule has 8 heteroatoms. The Kier molecular flexibility index (Phi) is 9.14. The Labute approximate surface area is 168 Å². The zero-order valence-electron chi connectivity index (χ0n) is 16.0. The van der Waals surface area contributed by atoms with Crippen molar-refractivity contribution in [2.45, 2.75) is 50.4 Å². The lowest BCUT2D eigenvalue weighted by Crippen LogP contribution is -2.29. The second-order valence-corrected chi connectivity index (χ2v) is 9.05. The van der Waals surface area contributed by atoms with Crippen LogP contribution in [0.4, 0.5) is 5.69 Å². The van der Waals surface area contributed by atoms with E-state index in [4.69, 9.17) is 14.2 Å². The molecule has 0 spiro atoms. The van der Waals surface area contributed by atoms with Gasteiger partial charge < -0.3 is 19.5 Å². The normalized spacial score (nSPS) is 17.2. The molecule has 0 unspecified atom stereocenters. The summed E-state index contributed by atoms with van der Waals surface area (Å²) in [4.78, 5) is 24.2. The molecule has 0 aliphatic carbocycles. The van der Waals surface area contributed by atoms with Crippen LogP contribution in [-0.2, 0) is 14.3 Å². The molecule has 0 bridgehead atoms. The first kappa shape index (κ1) is 21.8. The lowest BCUT2D eigenvalue weighted by molar-refractivity contribution is -0.153. The Morgan fingerprint density at radius 3 is 2.67 bits per heavy atom. The van der Waals surface area contributed by atoms with Crippen LogP contribution in [0.5, 0.6) is 11.5 Å². The zero-order chi connectivity index (χ0) is 19.6. The first-order chi connectivity index (χ1) is 13.0. The van der Waals surface area contributed by atoms with E-state index in [-0.39, 0.29) is 11.9 Å². The fraction of sp³-hybridized carbons (Fsp3) is 0.579. The molecule has 1 aliphatic rings. The summed E-state index contributed by atoms with van der Waals surface area (Å²) < 4.78 is 15.6. The van der Waals surface area contributed by atoms with Crippen molar-refractivity contribution in [3.63, 3.8) is 0 Å². The van der Waals surface area contributed by atoms with Gasteiger partial charge >= 0.3 is 5.97 Å². The highest BCUT2D eigenvalue weighted by Crippen LogP contribution is 2.39. The largest absolute Gasteiger partial charge is 0.493 e. The molecule has 2 rings (SSSR count). The van der Waals surface area contributed by atoms with Crippen molar-refractivity contribution in [3.05, 3.63) is 18.2 Å². The number of esters is 1. The number of methoxy groups -OCH3 is 2. The molecule has 2 atom stereocenters. The van der Waals surface area contributed by atoms with Gasteiger partial charge in [0.05, 0.1) is 14.2 Å². The Morgan fingerprint density at radius 1 is 1.22 bits per heavy atom. The number of unbranched alkanes of at least 4 members (excludes halogenated alkanes) is 1. The van der Waals surface area contributed by atoms with Gasteiger partial charge in [-0.05, 0) is 38.3 Å². The van der Waals surface area contributed by atoms with E-state index >= 15 is 0 Å². The Morgan fingerprint density at radius 2 is 2.00 bits per heavy atom. The minimum absolute atomic E-state index is 0.335. The summed E-state index contributed by atoms with van der Waals surface area (Å²) in [6, 6.07) is 5.06. The maximum absolute atomic E-state index is 12.2. The summed E-state index contributed by atoms with van der Waals surface area (Å²) in [6.45, 7) is 1.57. The van der Waals surface area contributed by atoms with E-state index < -0.39 is 6.10 Å². The SMILES string of the molecule is COc1ccc(NC(=O)[C@@H](C)OC(=O)CCCC[C@H]2CCSS2)cc1OC. The van der Waals surface area contributed by atoms with Gasteiger partial charge in [-0.15, -0.1) is 0 Å². The quantitative estimate of drug-likeness (QED) is 0.348. The lowest BCUT2D eigenvalue weighted by atomic mass is 10.1. The molecule has 1 N–H and O–H groups in total. The summed E-state index contributed by atoms with van der Waals surface area (Å²) >= 11 is 0. The van der Waals surface area contributed by atoms with Crippen LogP contribution in [0.2, 0.25) is 0 Å². The van der Waals surface area contributed by atoms with Gasteiger partial charge in [-0.3, -0.25) is 9.59 Å². The molecule has 1 aromatic rings. The molecule has 1 aromatic carbocycles. The van der Waals surface area contributed by atoms with Gasteiger partial charge in [-0.25, -0.2) is 0 Å². The lowest BCUT2D eigenvalue weighted by Gasteiger charge is -2.15. The fourth-order valence-corrected chi connectivity index (χ4v) is 5.70. The molecule has 1 saturated heterocycles. The van der Waals surface area contributed by atoms with Gasteiger partial charge in [0.2, 0.25) is 0 Å². The highest BCUT2D eigenvalue weighted by atomic mass is 33.1. The minimum Gasteiger partial charge on any atom is -0.493 e. The van der Waals surface area contributed by atoms with Gasteiger partial charge in [0.25, 0.3) is 5.91 Å². The second-order valence-electron chi connectivity index (χ2n) is 6.27. The minimum atomic E-state index is -0.854. The van der Waals surface area contributed by atoms with Gasteiger partial charge in [0, 0.05) is 29.2 Å². The Balaban J connectivity index is 1.71. The predicted molar refractivity (Wildman–Crippen MR) is 111 cm³/mol. The number of nitrogens with one attached hydrogen (secondary N) is 1. The summed E-state index contributed by atoms with van der Waals surface area (Å²) in [5.41, 5.74) is 0.549. The molecular weight excluding hydrogens is 386 g/mol. The summed E-state index contributed by atoms with van der Waals surface area (Å²) in [5.74, 6) is 1.60. The fourth-order valence-electron chi connectivity index (χ4n) is 2.67. The number of carbonyl (C=O) groups is 2. The molecule has 1 aliphatic heterocycles. The van der Waals surface area contributed by atoms with Crippen molar-refractivity contribution < 1.29 is 23.8 Å². The third-order valence-corrected chi connectivity index (χ3v) is 7.22. The third-order valence-electron chi connectivity index (χ3n) is 4.21. The molecule has 0 radical (unpaired) electrons. The third kappa shape index (κ3) is 7.18. The second kappa shape index (κ2) is 11.3. The van der Waals surface area contributed by atoms with E-state index in [0.717, 1.165) is 24.5 Å². The van der Waals surface area contributed by atoms with Crippen LogP contribution in [-0.4, -0.2) is 43.2 Å². The van der Waals surface area contributed by atoms with Crippen molar-refractivity contribution in [2.75, 3.05) is 25.3 Å². The first-order valence-electron chi connectivity index (χ1n) is 9.04. The summed E-state index contributed by atoms with van der Waals surface area (Å²) in [6.07, 6.45) is 3.70. The number of benzene rings is 1. The van der Waals surface area contributed by atoms with Gasteiger partial charge in [-0.1, -0.05) is 28.0 Å². The van der Waals surface area contributed by atoms with E-state index in [2.05, 4.69) is 5.32 Å². The molecule has 0 saturated carbocycles. The van der Waals surface area contributed by atoms with Crippen molar-refractivity contribution in [2.24, 2.45) is 0 Å². The molecule has 0 aromatic heterocycles. The van der Waals surface area contributed by atoms with Crippen molar-refractivity contribution >= 4 is 39.2 Å². The Hall–Kier alpha value is -1.54. The molecular formula is C19H27NO5S2. The maximum atomic E-state index is 12.2. The molecule has 1 amide bonds. The average Bonchev–Trinajstić information content (AvgIpc) is 3.18. The topological polar surface area (TPSA) is 73.9 Å². The number of carbonyl (C=O) groups excluding carboxylic acids is 2. The van der Waals surface area contributed by atoms with Crippen LogP contribution in [0.25, 0.3) is 0 Å². The van der Waals surface area contributed by atoms with E-state index in [0.29, 0.717) is 23.6 Å². The molecule has 150 valence electrons. The predicted octanol–water partition coefficient (Wildman–Crippen LogP) is 4.29. The number of rotatable bonds is 10. The standard InChI is InChI=1S/C19H27NO5S2/c1-13(25-18(21)7-5-4-6-15-10-11-26-27-15)19(22)20-14-8-9-16(23-2)17(12-14)24-3/h8-9,12-13,15H,4-7,10-11H2,1-3H3,(H,20,22)/t13-,15+/m1/s1. The van der Waals surface area contributed by atoms with Crippen LogP contribution in [0, 0.1) is 0 Å². The Bertz CT molecular complexity index is 635. The number of anilines is 1. The molecule has 1 fully saturated rings. The van der Waals surface area contributed by atoms with Gasteiger partial charge in [0.1, 0.15) is 0 Å². The van der Waals surface area contributed by atoms with E-state index in [9.17, 15) is 9.59 Å². The molecule has 6 nitrogen and oxygen atoms in total. The smallest absolute Gasteiger partial charge is 0.306 e. The van der Waals surface area contributed by atoms with Crippen molar-refractivity contribution in [1.82, 2.24) is 0 Å². The van der Waals surface area contributed by atoms with Crippen molar-refractivity contribution in [3.8, 4) is 11.5 Å². The number of amides is 1. The highest BCUT2D eigenvalue weighted by Gasteiger charge is 2.19. The number of hydrogen-bond donors (Lipinski definition) is 1. The summed E-state index contributed by atoms with van der Waals surface area (Å²) in [7, 11) is 6.95. The van der Waals surface area contributed by atoms with Crippen molar-refractivity contribution in [1.29, 1.82) is 0 Å². The average molecular weight is 414 g/mol. The molecule has 27 heavy (non-hydrogen) atoms. The first-order valence-corrected chi connectivity index (χ1v) is 11.4. The van der Waals surface area contributed by atoms with Crippen LogP contribution in [0.15, 0.2) is 18.2 Å². The van der Waals surface area contributed by atoms with Crippen LogP contribution < -0.4 is 14.8 Å². The van der Waals surface area contributed by atoms with E-state index in [1.165, 1.54) is 19.3 Å².